The number of carbonyl (C=O) groups excluding carboxylic acids is 2. The van der Waals surface area contributed by atoms with E-state index in [1.54, 1.807) is 21.9 Å². The number of aromatic nitrogens is 2. The first-order chi connectivity index (χ1) is 24.5. The van der Waals surface area contributed by atoms with Crippen LogP contribution in [-0.2, 0) is 42.8 Å². The van der Waals surface area contributed by atoms with E-state index in [-0.39, 0.29) is 48.6 Å². The summed E-state index contributed by atoms with van der Waals surface area (Å²) in [7, 11) is -6.71. The van der Waals surface area contributed by atoms with Crippen LogP contribution in [0.5, 0.6) is 0 Å². The van der Waals surface area contributed by atoms with Gasteiger partial charge in [-0.1, -0.05) is 12.1 Å². The van der Waals surface area contributed by atoms with Crippen LogP contribution in [0, 0.1) is 17.2 Å². The van der Waals surface area contributed by atoms with Crippen LogP contribution >= 0.6 is 0 Å². The second-order valence-corrected chi connectivity index (χ2v) is 14.9. The molecule has 0 aliphatic carbocycles. The summed E-state index contributed by atoms with van der Waals surface area (Å²) in [4.78, 5) is 36.0. The molecule has 0 bridgehead atoms. The highest BCUT2D eigenvalue weighted by atomic mass is 32.2. The lowest BCUT2D eigenvalue weighted by atomic mass is 9.93. The molecular formula is C32H43F3N8O7S2. The van der Waals surface area contributed by atoms with Crippen LogP contribution in [-0.4, -0.2) is 93.3 Å². The maximum absolute atomic E-state index is 14.0. The van der Waals surface area contributed by atoms with E-state index in [9.17, 15) is 31.2 Å². The van der Waals surface area contributed by atoms with Gasteiger partial charge in [-0.25, -0.2) is 23.1 Å². The molecule has 0 spiro atoms. The van der Waals surface area contributed by atoms with Crippen LogP contribution < -0.4 is 25.6 Å². The van der Waals surface area contributed by atoms with Gasteiger partial charge in [0.15, 0.2) is 5.78 Å². The lowest BCUT2D eigenvalue weighted by molar-refractivity contribution is -0.144. The first-order valence-corrected chi connectivity index (χ1v) is 19.4. The molecule has 2 aromatic rings. The maximum atomic E-state index is 14.0. The number of hydrogen-bond donors (Lipinski definition) is 3. The summed E-state index contributed by atoms with van der Waals surface area (Å²) < 4.78 is 94.3. The number of nitriles is 1. The Bertz CT molecular complexity index is 1780. The number of sulfonamides is 1. The van der Waals surface area contributed by atoms with Gasteiger partial charge in [0.05, 0.1) is 29.5 Å². The third-order valence-corrected chi connectivity index (χ3v) is 10.1. The quantitative estimate of drug-likeness (QED) is 0.236. The van der Waals surface area contributed by atoms with E-state index in [1.807, 2.05) is 12.1 Å². The molecule has 52 heavy (non-hydrogen) atoms. The number of hydrogen-bond acceptors (Lipinski definition) is 13. The highest BCUT2D eigenvalue weighted by Gasteiger charge is 2.38. The first-order valence-electron chi connectivity index (χ1n) is 16.8. The molecular weight excluding hydrogens is 730 g/mol. The number of aryl methyl sites for hydroxylation is 1. The first kappa shape index (κ1) is 42.2. The zero-order valence-electron chi connectivity index (χ0n) is 28.6. The van der Waals surface area contributed by atoms with Crippen molar-refractivity contribution < 1.29 is 43.8 Å². The Hall–Kier alpha value is -4.19. The lowest BCUT2D eigenvalue weighted by Crippen LogP contribution is -2.42. The summed E-state index contributed by atoms with van der Waals surface area (Å²) in [5, 5.41) is 11.4. The molecule has 1 aromatic carbocycles. The average molecular weight is 773 g/mol. The Kier molecular flexibility index (Phi) is 15.9. The monoisotopic (exact) mass is 772 g/mol. The van der Waals surface area contributed by atoms with Crippen LogP contribution in [0.1, 0.15) is 68.8 Å². The minimum absolute atomic E-state index is 0.0405. The van der Waals surface area contributed by atoms with Crippen LogP contribution in [0.15, 0.2) is 30.3 Å². The predicted octanol–water partition coefficient (Wildman–Crippen LogP) is 1.91. The molecule has 1 aromatic heterocycles. The molecule has 1 amide bonds. The molecule has 4 N–H and O–H groups in total. The second-order valence-electron chi connectivity index (χ2n) is 12.6. The molecule has 20 heteroatoms. The molecule has 2 saturated heterocycles. The number of alkyl halides is 3. The molecule has 0 saturated carbocycles. The van der Waals surface area contributed by atoms with Gasteiger partial charge >= 0.3 is 16.8 Å². The van der Waals surface area contributed by atoms with Gasteiger partial charge in [-0.3, -0.25) is 9.59 Å². The normalized spacial score (nSPS) is 17.1. The average Bonchev–Trinajstić information content (AvgIpc) is 3.58. The van der Waals surface area contributed by atoms with Crippen LogP contribution in [0.2, 0.25) is 0 Å². The Morgan fingerprint density at radius 1 is 1.06 bits per heavy atom. The number of amides is 1. The fraction of sp³-hybridized carbons (Fsp3) is 0.594. The SMILES string of the molecule is C[C@H](N)C(=O)NCCS(=O)(=O)NCCC1CCN(c2cc(N3CCC[C@H]3C(=O)CCCc3ccc(C#N)cc3)nc(C(F)(F)F)n2)CC1.O=S(=O)=O. The van der Waals surface area contributed by atoms with Crippen molar-refractivity contribution in [1.29, 1.82) is 5.26 Å². The van der Waals surface area contributed by atoms with Gasteiger partial charge in [-0.15, -0.1) is 12.6 Å². The predicted molar refractivity (Wildman–Crippen MR) is 184 cm³/mol. The Morgan fingerprint density at radius 2 is 1.69 bits per heavy atom. The minimum Gasteiger partial charge on any atom is -0.356 e. The Morgan fingerprint density at radius 3 is 2.29 bits per heavy atom. The van der Waals surface area contributed by atoms with Crippen LogP contribution in [0.3, 0.4) is 0 Å². The van der Waals surface area contributed by atoms with Crippen molar-refractivity contribution in [3.05, 3.63) is 47.3 Å². The molecule has 4 rings (SSSR count). The number of halogens is 3. The fourth-order valence-electron chi connectivity index (χ4n) is 6.02. The van der Waals surface area contributed by atoms with Crippen molar-refractivity contribution >= 4 is 44.0 Å². The van der Waals surface area contributed by atoms with Crippen molar-refractivity contribution in [3.63, 3.8) is 0 Å². The van der Waals surface area contributed by atoms with E-state index in [4.69, 9.17) is 23.6 Å². The van der Waals surface area contributed by atoms with Gasteiger partial charge in [-0.2, -0.15) is 18.4 Å². The summed E-state index contributed by atoms with van der Waals surface area (Å²) in [5.41, 5.74) is 7.02. The number of Topliss-reactive ketones (excluding diaryl/α,β-unsaturated/α-hetero) is 1. The third kappa shape index (κ3) is 13.7. The molecule has 2 fully saturated rings. The van der Waals surface area contributed by atoms with Gasteiger partial charge in [-0.05, 0) is 75.5 Å². The Labute approximate surface area is 302 Å². The van der Waals surface area contributed by atoms with E-state index < -0.39 is 50.6 Å². The maximum Gasteiger partial charge on any atom is 0.451 e. The van der Waals surface area contributed by atoms with E-state index in [0.717, 1.165) is 5.56 Å². The van der Waals surface area contributed by atoms with E-state index in [1.165, 1.54) is 13.0 Å². The summed E-state index contributed by atoms with van der Waals surface area (Å²) in [6.45, 7) is 2.94. The molecule has 286 valence electrons. The molecule has 0 radical (unpaired) electrons. The van der Waals surface area contributed by atoms with Gasteiger partial charge in [0.2, 0.25) is 21.8 Å². The number of nitrogens with two attached hydrogens (primary N) is 1. The molecule has 0 unspecified atom stereocenters. The molecule has 2 atom stereocenters. The number of nitrogens with zero attached hydrogens (tertiary/aromatic N) is 5. The Balaban J connectivity index is 0.00000173. The number of nitrogens with one attached hydrogen (secondary N) is 2. The summed E-state index contributed by atoms with van der Waals surface area (Å²) in [6.07, 6.45) is -0.239. The van der Waals surface area contributed by atoms with Crippen LogP contribution in [0.25, 0.3) is 0 Å². The van der Waals surface area contributed by atoms with Gasteiger partial charge in [0.25, 0.3) is 0 Å². The lowest BCUT2D eigenvalue weighted by Gasteiger charge is -2.34. The van der Waals surface area contributed by atoms with Crippen molar-refractivity contribution in [3.8, 4) is 6.07 Å². The minimum atomic E-state index is -4.77. The summed E-state index contributed by atoms with van der Waals surface area (Å²) in [6, 6.07) is 9.48. The van der Waals surface area contributed by atoms with E-state index in [2.05, 4.69) is 26.1 Å². The molecule has 15 nitrogen and oxygen atoms in total. The smallest absolute Gasteiger partial charge is 0.356 e. The fourth-order valence-corrected chi connectivity index (χ4v) is 6.97. The number of ketones is 1. The van der Waals surface area contributed by atoms with Crippen molar-refractivity contribution in [2.75, 3.05) is 48.3 Å². The zero-order valence-corrected chi connectivity index (χ0v) is 30.3. The highest BCUT2D eigenvalue weighted by molar-refractivity contribution is 7.89. The number of anilines is 2. The number of rotatable bonds is 15. The van der Waals surface area contributed by atoms with Crippen molar-refractivity contribution in [2.24, 2.45) is 11.7 Å². The van der Waals surface area contributed by atoms with Gasteiger partial charge < -0.3 is 20.9 Å². The number of carbonyl (C=O) groups is 2. The second kappa shape index (κ2) is 19.6. The molecule has 2 aliphatic rings. The zero-order chi connectivity index (χ0) is 38.5. The van der Waals surface area contributed by atoms with E-state index in [0.29, 0.717) is 70.1 Å². The summed E-state index contributed by atoms with van der Waals surface area (Å²) in [5.74, 6) is -1.60. The molecule has 2 aliphatic heterocycles. The van der Waals surface area contributed by atoms with Crippen molar-refractivity contribution in [2.45, 2.75) is 76.6 Å². The number of piperidine rings is 1. The molecule has 3 heterocycles. The summed E-state index contributed by atoms with van der Waals surface area (Å²) >= 11 is 0. The van der Waals surface area contributed by atoms with Crippen LogP contribution in [0.4, 0.5) is 24.8 Å². The highest BCUT2D eigenvalue weighted by Crippen LogP contribution is 2.34. The topological polar surface area (TPSA) is 226 Å². The van der Waals surface area contributed by atoms with Gasteiger partial charge in [0, 0.05) is 45.2 Å². The van der Waals surface area contributed by atoms with Gasteiger partial charge in [0.1, 0.15) is 11.6 Å². The standard InChI is InChI=1S/C32H43F3N8O4S.O3S/c1-22(37)30(45)38-15-19-48(46,47)39-14-11-24-12-17-42(18-13-24)28-20-29(41-31(40-28)32(33,34)35)43-16-3-5-26(43)27(44)6-2-4-23-7-9-25(21-36)10-8-23;1-4(2)3/h7-10,20,22,24,26,39H,2-6,11-19,37H2,1H3,(H,38,45);/t22-,26-;/m0./s1. The van der Waals surface area contributed by atoms with Crippen molar-refractivity contribution in [1.82, 2.24) is 20.0 Å². The largest absolute Gasteiger partial charge is 0.451 e. The number of benzene rings is 1. The third-order valence-electron chi connectivity index (χ3n) is 8.74. The van der Waals surface area contributed by atoms with E-state index >= 15 is 0 Å².